The molecule has 0 amide bonds. The number of methoxy groups -OCH3 is 1. The Balaban J connectivity index is 3.23. The van der Waals surface area contributed by atoms with Gasteiger partial charge in [0.15, 0.2) is 0 Å². The maximum atomic E-state index is 12.8. The maximum absolute atomic E-state index is 12.8. The average molecular weight is 357 g/mol. The lowest BCUT2D eigenvalue weighted by Gasteiger charge is -2.26. The number of benzene rings is 1. The fourth-order valence-corrected chi connectivity index (χ4v) is 4.19. The topological polar surface area (TPSA) is 92.7 Å². The predicted octanol–water partition coefficient (Wildman–Crippen LogP) is 3.05. The van der Waals surface area contributed by atoms with Gasteiger partial charge in [0, 0.05) is 12.0 Å². The summed E-state index contributed by atoms with van der Waals surface area (Å²) in [6.07, 6.45) is 0.0994. The van der Waals surface area contributed by atoms with Crippen molar-refractivity contribution < 1.29 is 23.1 Å². The normalized spacial score (nSPS) is 12.5. The van der Waals surface area contributed by atoms with E-state index < -0.39 is 21.5 Å². The highest BCUT2D eigenvalue weighted by molar-refractivity contribution is 7.89. The van der Waals surface area contributed by atoms with Gasteiger partial charge in [-0.15, -0.1) is 0 Å². The molecule has 0 fully saturated rings. The molecular formula is C17H27NO5S. The highest BCUT2D eigenvalue weighted by atomic mass is 32.2. The third-order valence-corrected chi connectivity index (χ3v) is 5.65. The largest absolute Gasteiger partial charge is 0.496 e. The molecule has 0 aliphatic rings. The number of aliphatic carboxylic acids is 1. The number of hydrogen-bond donors (Lipinski definition) is 2. The van der Waals surface area contributed by atoms with Crippen LogP contribution in [0, 0.1) is 6.92 Å². The van der Waals surface area contributed by atoms with E-state index in [1.54, 1.807) is 40.0 Å². The maximum Gasteiger partial charge on any atom is 0.303 e. The van der Waals surface area contributed by atoms with Crippen molar-refractivity contribution in [1.29, 1.82) is 0 Å². The van der Waals surface area contributed by atoms with Crippen molar-refractivity contribution >= 4 is 16.0 Å². The van der Waals surface area contributed by atoms with Gasteiger partial charge in [0.1, 0.15) is 5.75 Å². The van der Waals surface area contributed by atoms with Gasteiger partial charge >= 0.3 is 5.97 Å². The molecule has 6 nitrogen and oxygen atoms in total. The van der Waals surface area contributed by atoms with Crippen molar-refractivity contribution in [3.8, 4) is 5.75 Å². The van der Waals surface area contributed by atoms with Crippen LogP contribution < -0.4 is 9.46 Å². The Morgan fingerprint density at radius 3 is 2.38 bits per heavy atom. The zero-order valence-electron chi connectivity index (χ0n) is 15.1. The number of ether oxygens (including phenoxy) is 1. The van der Waals surface area contributed by atoms with E-state index in [4.69, 9.17) is 9.84 Å². The average Bonchev–Trinajstić information content (AvgIpc) is 2.43. The summed E-state index contributed by atoms with van der Waals surface area (Å²) in [5.41, 5.74) is 0.534. The van der Waals surface area contributed by atoms with Crippen LogP contribution in [0.3, 0.4) is 0 Å². The second-order valence-corrected chi connectivity index (χ2v) is 8.55. The van der Waals surface area contributed by atoms with Crippen molar-refractivity contribution in [3.05, 3.63) is 23.3 Å². The molecule has 1 aromatic rings. The SMILES string of the molecule is COc1cc(C)c(S(=O)(=O)NC(C)(C)CCC(=O)O)cc1C(C)C. The van der Waals surface area contributed by atoms with Crippen LogP contribution in [0.25, 0.3) is 0 Å². The van der Waals surface area contributed by atoms with Gasteiger partial charge in [-0.2, -0.15) is 0 Å². The molecule has 0 saturated heterocycles. The third kappa shape index (κ3) is 5.21. The van der Waals surface area contributed by atoms with Crippen LogP contribution in [-0.4, -0.2) is 32.1 Å². The lowest BCUT2D eigenvalue weighted by atomic mass is 10.0. The van der Waals surface area contributed by atoms with Gasteiger partial charge < -0.3 is 9.84 Å². The lowest BCUT2D eigenvalue weighted by Crippen LogP contribution is -2.43. The third-order valence-electron chi connectivity index (χ3n) is 3.81. The molecule has 136 valence electrons. The number of carboxylic acid groups (broad SMARTS) is 1. The standard InChI is InChI=1S/C17H27NO5S/c1-11(2)13-10-15(12(3)9-14(13)23-6)24(21,22)18-17(4,5)8-7-16(19)20/h9-11,18H,7-8H2,1-6H3,(H,19,20). The van der Waals surface area contributed by atoms with E-state index in [1.165, 1.54) is 0 Å². The molecule has 0 atom stereocenters. The van der Waals surface area contributed by atoms with Crippen molar-refractivity contribution in [1.82, 2.24) is 4.72 Å². The molecule has 0 saturated carbocycles. The second-order valence-electron chi connectivity index (χ2n) is 6.90. The monoisotopic (exact) mass is 357 g/mol. The first-order valence-corrected chi connectivity index (χ1v) is 9.32. The summed E-state index contributed by atoms with van der Waals surface area (Å²) in [5.74, 6) is -0.189. The second kappa shape index (κ2) is 7.53. The lowest BCUT2D eigenvalue weighted by molar-refractivity contribution is -0.137. The van der Waals surface area contributed by atoms with E-state index in [1.807, 2.05) is 13.8 Å². The molecule has 0 aliphatic carbocycles. The Morgan fingerprint density at radius 2 is 1.92 bits per heavy atom. The fraction of sp³-hybridized carbons (Fsp3) is 0.588. The van der Waals surface area contributed by atoms with Crippen molar-refractivity contribution in [2.24, 2.45) is 0 Å². The van der Waals surface area contributed by atoms with Crippen LogP contribution in [0.15, 0.2) is 17.0 Å². The summed E-state index contributed by atoms with van der Waals surface area (Å²) in [5, 5.41) is 8.80. The molecule has 0 aliphatic heterocycles. The molecule has 0 aromatic heterocycles. The molecule has 24 heavy (non-hydrogen) atoms. The Bertz CT molecular complexity index is 708. The predicted molar refractivity (Wildman–Crippen MR) is 93.1 cm³/mol. The van der Waals surface area contributed by atoms with E-state index in [-0.39, 0.29) is 23.7 Å². The highest BCUT2D eigenvalue weighted by Gasteiger charge is 2.29. The summed E-state index contributed by atoms with van der Waals surface area (Å²) in [7, 11) is -2.22. The molecule has 0 radical (unpaired) electrons. The van der Waals surface area contributed by atoms with Crippen LogP contribution in [0.1, 0.15) is 57.6 Å². The molecule has 0 spiro atoms. The van der Waals surface area contributed by atoms with Crippen LogP contribution in [0.5, 0.6) is 5.75 Å². The van der Waals surface area contributed by atoms with Crippen molar-refractivity contribution in [3.63, 3.8) is 0 Å². The summed E-state index contributed by atoms with van der Waals surface area (Å²) < 4.78 is 33.5. The first-order valence-electron chi connectivity index (χ1n) is 7.84. The number of aryl methyl sites for hydroxylation is 1. The van der Waals surface area contributed by atoms with E-state index in [0.29, 0.717) is 11.3 Å². The van der Waals surface area contributed by atoms with Gasteiger partial charge in [-0.05, 0) is 56.4 Å². The van der Waals surface area contributed by atoms with Crippen LogP contribution in [-0.2, 0) is 14.8 Å². The summed E-state index contributed by atoms with van der Waals surface area (Å²) in [4.78, 5) is 10.9. The van der Waals surface area contributed by atoms with Crippen LogP contribution >= 0.6 is 0 Å². The quantitative estimate of drug-likeness (QED) is 0.746. The van der Waals surface area contributed by atoms with Crippen molar-refractivity contribution in [2.75, 3.05) is 7.11 Å². The minimum absolute atomic E-state index is 0.103. The molecule has 1 aromatic carbocycles. The molecule has 0 bridgehead atoms. The molecule has 1 rings (SSSR count). The van der Waals surface area contributed by atoms with E-state index >= 15 is 0 Å². The molecule has 0 unspecified atom stereocenters. The van der Waals surface area contributed by atoms with E-state index in [0.717, 1.165) is 5.56 Å². The van der Waals surface area contributed by atoms with Gasteiger partial charge in [0.25, 0.3) is 0 Å². The number of hydrogen-bond acceptors (Lipinski definition) is 4. The molecule has 0 heterocycles. The first kappa shape index (κ1) is 20.4. The van der Waals surface area contributed by atoms with Gasteiger partial charge in [0.05, 0.1) is 12.0 Å². The number of carbonyl (C=O) groups is 1. The number of nitrogens with one attached hydrogen (secondary N) is 1. The summed E-state index contributed by atoms with van der Waals surface area (Å²) in [6.45, 7) is 9.00. The minimum Gasteiger partial charge on any atom is -0.496 e. The summed E-state index contributed by atoms with van der Waals surface area (Å²) in [6, 6.07) is 3.35. The summed E-state index contributed by atoms with van der Waals surface area (Å²) >= 11 is 0. The Labute approximate surface area is 144 Å². The van der Waals surface area contributed by atoms with Crippen molar-refractivity contribution in [2.45, 2.75) is 63.8 Å². The van der Waals surface area contributed by atoms with Crippen LogP contribution in [0.2, 0.25) is 0 Å². The van der Waals surface area contributed by atoms with Gasteiger partial charge in [-0.1, -0.05) is 13.8 Å². The first-order chi connectivity index (χ1) is 10.9. The molecule has 2 N–H and O–H groups in total. The smallest absolute Gasteiger partial charge is 0.303 e. The Hall–Kier alpha value is -1.60. The highest BCUT2D eigenvalue weighted by Crippen LogP contribution is 2.32. The van der Waals surface area contributed by atoms with E-state index in [9.17, 15) is 13.2 Å². The number of sulfonamides is 1. The van der Waals surface area contributed by atoms with E-state index in [2.05, 4.69) is 4.72 Å². The van der Waals surface area contributed by atoms with Crippen LogP contribution in [0.4, 0.5) is 0 Å². The number of rotatable bonds is 8. The zero-order chi connectivity index (χ0) is 18.7. The molecular weight excluding hydrogens is 330 g/mol. The molecule has 7 heteroatoms. The zero-order valence-corrected chi connectivity index (χ0v) is 16.0. The van der Waals surface area contributed by atoms with Gasteiger partial charge in [-0.3, -0.25) is 4.79 Å². The Morgan fingerprint density at radius 1 is 1.33 bits per heavy atom. The fourth-order valence-electron chi connectivity index (χ4n) is 2.48. The van der Waals surface area contributed by atoms with Gasteiger partial charge in [0.2, 0.25) is 10.0 Å². The Kier molecular flexibility index (Phi) is 6.41. The van der Waals surface area contributed by atoms with Gasteiger partial charge in [-0.25, -0.2) is 13.1 Å². The minimum atomic E-state index is -3.78. The number of carboxylic acids is 1.